The zero-order valence-corrected chi connectivity index (χ0v) is 11.9. The van der Waals surface area contributed by atoms with Crippen LogP contribution < -0.4 is 10.1 Å². The first-order chi connectivity index (χ1) is 9.79. The van der Waals surface area contributed by atoms with Crippen molar-refractivity contribution in [2.24, 2.45) is 0 Å². The van der Waals surface area contributed by atoms with Crippen LogP contribution in [0.15, 0.2) is 18.2 Å². The molecule has 0 saturated carbocycles. The highest BCUT2D eigenvalue weighted by Gasteiger charge is 2.23. The maximum Gasteiger partial charge on any atom is 0.326 e. The van der Waals surface area contributed by atoms with Gasteiger partial charge >= 0.3 is 11.9 Å². The van der Waals surface area contributed by atoms with Crippen molar-refractivity contribution in [2.45, 2.75) is 19.4 Å². The third-order valence-electron chi connectivity index (χ3n) is 2.46. The SMILES string of the molecule is Cc1ccc(Cl)c(OCC(=O)N[C@H](CC(=O)O)C(=O)O)c1. The summed E-state index contributed by atoms with van der Waals surface area (Å²) in [6.07, 6.45) is -0.716. The Morgan fingerprint density at radius 1 is 1.33 bits per heavy atom. The lowest BCUT2D eigenvalue weighted by Gasteiger charge is -2.13. The molecule has 3 N–H and O–H groups in total. The number of rotatable bonds is 7. The number of ether oxygens (including phenoxy) is 1. The molecule has 0 unspecified atom stereocenters. The van der Waals surface area contributed by atoms with Crippen LogP contribution in [0.1, 0.15) is 12.0 Å². The van der Waals surface area contributed by atoms with Gasteiger partial charge in [0.25, 0.3) is 5.91 Å². The summed E-state index contributed by atoms with van der Waals surface area (Å²) in [5, 5.41) is 19.7. The number of carbonyl (C=O) groups is 3. The maximum atomic E-state index is 11.6. The fourth-order valence-corrected chi connectivity index (χ4v) is 1.65. The summed E-state index contributed by atoms with van der Waals surface area (Å²) in [4.78, 5) is 32.9. The Labute approximate surface area is 125 Å². The molecule has 0 aromatic heterocycles. The average Bonchev–Trinajstić information content (AvgIpc) is 2.38. The lowest BCUT2D eigenvalue weighted by atomic mass is 10.2. The van der Waals surface area contributed by atoms with E-state index in [-0.39, 0.29) is 5.75 Å². The van der Waals surface area contributed by atoms with E-state index in [0.717, 1.165) is 5.56 Å². The van der Waals surface area contributed by atoms with Gasteiger partial charge in [-0.2, -0.15) is 0 Å². The Morgan fingerprint density at radius 3 is 2.57 bits per heavy atom. The third kappa shape index (κ3) is 5.70. The van der Waals surface area contributed by atoms with E-state index in [1.807, 2.05) is 6.92 Å². The van der Waals surface area contributed by atoms with Crippen molar-refractivity contribution in [1.29, 1.82) is 0 Å². The molecule has 0 bridgehead atoms. The Balaban J connectivity index is 2.58. The van der Waals surface area contributed by atoms with Gasteiger partial charge in [-0.05, 0) is 24.6 Å². The minimum absolute atomic E-state index is 0.289. The number of amides is 1. The number of aryl methyl sites for hydroxylation is 1. The van der Waals surface area contributed by atoms with Crippen molar-refractivity contribution in [2.75, 3.05) is 6.61 Å². The fourth-order valence-electron chi connectivity index (χ4n) is 1.48. The molecule has 0 saturated heterocycles. The Kier molecular flexibility index (Phi) is 5.98. The van der Waals surface area contributed by atoms with Crippen molar-refractivity contribution >= 4 is 29.4 Å². The van der Waals surface area contributed by atoms with Crippen LogP contribution in [0.2, 0.25) is 5.02 Å². The third-order valence-corrected chi connectivity index (χ3v) is 2.77. The molecule has 0 aliphatic heterocycles. The van der Waals surface area contributed by atoms with Crippen molar-refractivity contribution in [3.63, 3.8) is 0 Å². The van der Waals surface area contributed by atoms with E-state index in [9.17, 15) is 14.4 Å². The summed E-state index contributed by atoms with van der Waals surface area (Å²) in [5.41, 5.74) is 0.879. The summed E-state index contributed by atoms with van der Waals surface area (Å²) in [5.74, 6) is -3.22. The van der Waals surface area contributed by atoms with E-state index in [1.54, 1.807) is 18.2 Å². The monoisotopic (exact) mass is 315 g/mol. The molecule has 114 valence electrons. The molecule has 0 spiro atoms. The van der Waals surface area contributed by atoms with Gasteiger partial charge in [0.1, 0.15) is 11.8 Å². The number of hydrogen-bond acceptors (Lipinski definition) is 4. The molecule has 8 heteroatoms. The topological polar surface area (TPSA) is 113 Å². The van der Waals surface area contributed by atoms with Crippen LogP contribution in [0.3, 0.4) is 0 Å². The molecular weight excluding hydrogens is 302 g/mol. The van der Waals surface area contributed by atoms with Crippen molar-refractivity contribution in [3.05, 3.63) is 28.8 Å². The maximum absolute atomic E-state index is 11.6. The number of carbonyl (C=O) groups excluding carboxylic acids is 1. The highest BCUT2D eigenvalue weighted by atomic mass is 35.5. The van der Waals surface area contributed by atoms with E-state index in [0.29, 0.717) is 5.02 Å². The van der Waals surface area contributed by atoms with Crippen LogP contribution in [0.5, 0.6) is 5.75 Å². The summed E-state index contributed by atoms with van der Waals surface area (Å²) >= 11 is 5.88. The van der Waals surface area contributed by atoms with Gasteiger partial charge in [-0.25, -0.2) is 4.79 Å². The summed E-state index contributed by atoms with van der Waals surface area (Å²) in [6.45, 7) is 1.35. The van der Waals surface area contributed by atoms with Crippen LogP contribution in [0.4, 0.5) is 0 Å². The molecule has 1 rings (SSSR count). The van der Waals surface area contributed by atoms with Crippen LogP contribution in [0.25, 0.3) is 0 Å². The lowest BCUT2D eigenvalue weighted by molar-refractivity contribution is -0.147. The van der Waals surface area contributed by atoms with Crippen LogP contribution in [-0.2, 0) is 14.4 Å². The number of halogens is 1. The average molecular weight is 316 g/mol. The van der Waals surface area contributed by atoms with Crippen molar-refractivity contribution in [3.8, 4) is 5.75 Å². The van der Waals surface area contributed by atoms with Crippen molar-refractivity contribution in [1.82, 2.24) is 5.32 Å². The molecule has 0 aliphatic carbocycles. The van der Waals surface area contributed by atoms with E-state index in [1.165, 1.54) is 0 Å². The second-order valence-electron chi connectivity index (χ2n) is 4.28. The Morgan fingerprint density at radius 2 is 2.00 bits per heavy atom. The minimum Gasteiger partial charge on any atom is -0.482 e. The second-order valence-corrected chi connectivity index (χ2v) is 4.69. The summed E-state index contributed by atoms with van der Waals surface area (Å²) in [7, 11) is 0. The molecule has 0 heterocycles. The van der Waals surface area contributed by atoms with Gasteiger partial charge in [-0.1, -0.05) is 17.7 Å². The minimum atomic E-state index is -1.51. The smallest absolute Gasteiger partial charge is 0.326 e. The second kappa shape index (κ2) is 7.49. The number of benzene rings is 1. The first-order valence-corrected chi connectivity index (χ1v) is 6.30. The molecule has 1 aromatic rings. The number of nitrogens with one attached hydrogen (secondary N) is 1. The summed E-state index contributed by atoms with van der Waals surface area (Å²) < 4.78 is 5.18. The molecular formula is C13H14ClNO6. The molecule has 1 atom stereocenters. The Bertz CT molecular complexity index is 560. The van der Waals surface area contributed by atoms with Gasteiger partial charge < -0.3 is 20.3 Å². The number of aliphatic carboxylic acids is 2. The zero-order chi connectivity index (χ0) is 16.0. The van der Waals surface area contributed by atoms with E-state index >= 15 is 0 Å². The molecule has 21 heavy (non-hydrogen) atoms. The van der Waals surface area contributed by atoms with Gasteiger partial charge in [0, 0.05) is 0 Å². The quantitative estimate of drug-likeness (QED) is 0.693. The van der Waals surface area contributed by atoms with E-state index < -0.39 is 36.9 Å². The number of carboxylic acids is 2. The zero-order valence-electron chi connectivity index (χ0n) is 11.1. The highest BCUT2D eigenvalue weighted by Crippen LogP contribution is 2.24. The predicted octanol–water partition coefficient (Wildman–Crippen LogP) is 1.07. The number of hydrogen-bond donors (Lipinski definition) is 3. The molecule has 0 radical (unpaired) electrons. The first kappa shape index (κ1) is 16.8. The van der Waals surface area contributed by atoms with Crippen molar-refractivity contribution < 1.29 is 29.3 Å². The standard InChI is InChI=1S/C13H14ClNO6/c1-7-2-3-8(14)10(4-7)21-6-11(16)15-9(13(19)20)5-12(17)18/h2-4,9H,5-6H2,1H3,(H,15,16)(H,17,18)(H,19,20)/t9-/m1/s1. The van der Waals surface area contributed by atoms with E-state index in [4.69, 9.17) is 26.6 Å². The first-order valence-electron chi connectivity index (χ1n) is 5.92. The van der Waals surface area contributed by atoms with Gasteiger partial charge in [-0.15, -0.1) is 0 Å². The van der Waals surface area contributed by atoms with Crippen LogP contribution in [-0.4, -0.2) is 40.7 Å². The summed E-state index contributed by atoms with van der Waals surface area (Å²) in [6, 6.07) is 3.49. The molecule has 0 aliphatic rings. The number of carboxylic acid groups (broad SMARTS) is 2. The fraction of sp³-hybridized carbons (Fsp3) is 0.308. The lowest BCUT2D eigenvalue weighted by Crippen LogP contribution is -2.44. The Hall–Kier alpha value is -2.28. The highest BCUT2D eigenvalue weighted by molar-refractivity contribution is 6.32. The normalized spacial score (nSPS) is 11.5. The van der Waals surface area contributed by atoms with Gasteiger partial charge in [0.2, 0.25) is 0 Å². The molecule has 1 aromatic carbocycles. The largest absolute Gasteiger partial charge is 0.482 e. The molecule has 1 amide bonds. The van der Waals surface area contributed by atoms with Crippen LogP contribution in [0, 0.1) is 6.92 Å². The molecule has 0 fully saturated rings. The van der Waals surface area contributed by atoms with Gasteiger partial charge in [0.05, 0.1) is 11.4 Å². The molecule has 7 nitrogen and oxygen atoms in total. The van der Waals surface area contributed by atoms with Crippen LogP contribution >= 0.6 is 11.6 Å². The van der Waals surface area contributed by atoms with E-state index in [2.05, 4.69) is 5.32 Å². The predicted molar refractivity (Wildman–Crippen MR) is 73.5 cm³/mol. The van der Waals surface area contributed by atoms with Gasteiger partial charge in [-0.3, -0.25) is 9.59 Å². The van der Waals surface area contributed by atoms with Gasteiger partial charge in [0.15, 0.2) is 6.61 Å².